The molecule has 27 heavy (non-hydrogen) atoms. The van der Waals surface area contributed by atoms with Crippen molar-refractivity contribution in [2.45, 2.75) is 24.8 Å². The van der Waals surface area contributed by atoms with Crippen LogP contribution in [0.15, 0.2) is 57.7 Å². The monoisotopic (exact) mass is 382 g/mol. The molecule has 6 nitrogen and oxygen atoms in total. The number of Topliss-reactive ketones (excluding diaryl/α,β-unsaturated/α-hetero) is 1. The van der Waals surface area contributed by atoms with Crippen LogP contribution >= 0.6 is 11.3 Å². The zero-order valence-corrected chi connectivity index (χ0v) is 14.9. The summed E-state index contributed by atoms with van der Waals surface area (Å²) in [6, 6.07) is 9.76. The van der Waals surface area contributed by atoms with Crippen LogP contribution in [0.3, 0.4) is 0 Å². The van der Waals surface area contributed by atoms with Crippen molar-refractivity contribution in [3.63, 3.8) is 0 Å². The van der Waals surface area contributed by atoms with Crippen LogP contribution in [0.5, 0.6) is 0 Å². The van der Waals surface area contributed by atoms with E-state index < -0.39 is 6.04 Å². The second kappa shape index (κ2) is 6.31. The van der Waals surface area contributed by atoms with Gasteiger partial charge in [-0.3, -0.25) is 4.79 Å². The number of allylic oxidation sites excluding steroid dienone is 1. The van der Waals surface area contributed by atoms with E-state index in [1.165, 1.54) is 17.0 Å². The third kappa shape index (κ3) is 2.82. The molecule has 2 atom stereocenters. The van der Waals surface area contributed by atoms with Gasteiger partial charge in [0.25, 0.3) is 0 Å². The lowest BCUT2D eigenvalue weighted by Gasteiger charge is -2.29. The highest BCUT2D eigenvalue weighted by Gasteiger charge is 2.37. The van der Waals surface area contributed by atoms with Gasteiger partial charge < -0.3 is 10.6 Å². The van der Waals surface area contributed by atoms with Crippen molar-refractivity contribution in [3.05, 3.63) is 69.3 Å². The second-order valence-electron chi connectivity index (χ2n) is 6.65. The molecule has 0 spiro atoms. The van der Waals surface area contributed by atoms with Crippen LogP contribution in [0.2, 0.25) is 0 Å². The van der Waals surface area contributed by atoms with Gasteiger partial charge in [-0.2, -0.15) is 0 Å². The van der Waals surface area contributed by atoms with Gasteiger partial charge in [0.1, 0.15) is 5.82 Å². The smallest absolute Gasteiger partial charge is 0.219 e. The maximum atomic E-state index is 13.8. The van der Waals surface area contributed by atoms with E-state index >= 15 is 0 Å². The number of nitrogens with one attached hydrogen (secondary N) is 2. The number of rotatable bonds is 2. The van der Waals surface area contributed by atoms with Gasteiger partial charge in [0.2, 0.25) is 11.6 Å². The first kappa shape index (κ1) is 16.2. The number of anilines is 2. The van der Waals surface area contributed by atoms with E-state index in [0.717, 1.165) is 5.70 Å². The highest BCUT2D eigenvalue weighted by Crippen LogP contribution is 2.44. The van der Waals surface area contributed by atoms with Gasteiger partial charge in [-0.05, 0) is 45.9 Å². The first-order valence-electron chi connectivity index (χ1n) is 8.60. The molecule has 1 aliphatic heterocycles. The minimum atomic E-state index is -0.520. The Morgan fingerprint density at radius 2 is 2.04 bits per heavy atom. The molecule has 5 rings (SSSR count). The predicted molar refractivity (Wildman–Crippen MR) is 99.0 cm³/mol. The van der Waals surface area contributed by atoms with E-state index in [0.29, 0.717) is 35.6 Å². The Kier molecular flexibility index (Phi) is 3.78. The van der Waals surface area contributed by atoms with Crippen LogP contribution in [0.4, 0.5) is 16.0 Å². The molecule has 0 radical (unpaired) electrons. The maximum absolute atomic E-state index is 13.8. The quantitative estimate of drug-likeness (QED) is 0.690. The van der Waals surface area contributed by atoms with Crippen LogP contribution in [0.25, 0.3) is 0 Å². The summed E-state index contributed by atoms with van der Waals surface area (Å²) in [4.78, 5) is 14.3. The Bertz CT molecular complexity index is 1040. The Hall–Kier alpha value is -3.00. The maximum Gasteiger partial charge on any atom is 0.219 e. The molecule has 2 aromatic heterocycles. The molecule has 1 aromatic carbocycles. The molecule has 3 aromatic rings. The van der Waals surface area contributed by atoms with Crippen LogP contribution in [-0.4, -0.2) is 16.1 Å². The summed E-state index contributed by atoms with van der Waals surface area (Å²) < 4.78 is 18.7. The Labute approximate surface area is 158 Å². The molecule has 2 N–H and O–H groups in total. The van der Waals surface area contributed by atoms with Gasteiger partial charge in [0.05, 0.1) is 6.04 Å². The SMILES string of the molecule is O=C1C[C@@H](c2cccs2)CC2=C1[C@H](c1cccc(F)c1)Nc1nonc1N2. The Morgan fingerprint density at radius 3 is 2.85 bits per heavy atom. The molecular formula is C19H15FN4O2S. The molecule has 1 aliphatic carbocycles. The van der Waals surface area contributed by atoms with Crippen molar-refractivity contribution in [3.8, 4) is 0 Å². The van der Waals surface area contributed by atoms with Crippen molar-refractivity contribution in [2.24, 2.45) is 0 Å². The van der Waals surface area contributed by atoms with Gasteiger partial charge >= 0.3 is 0 Å². The molecule has 8 heteroatoms. The highest BCUT2D eigenvalue weighted by atomic mass is 32.1. The van der Waals surface area contributed by atoms with E-state index in [2.05, 4.69) is 27.0 Å². The third-order valence-electron chi connectivity index (χ3n) is 4.96. The summed E-state index contributed by atoms with van der Waals surface area (Å²) in [5.74, 6) is 0.622. The molecule has 0 unspecified atom stereocenters. The van der Waals surface area contributed by atoms with Crippen molar-refractivity contribution >= 4 is 28.8 Å². The summed E-state index contributed by atoms with van der Waals surface area (Å²) in [5.41, 5.74) is 2.04. The van der Waals surface area contributed by atoms with Gasteiger partial charge in [-0.15, -0.1) is 11.3 Å². The zero-order valence-electron chi connectivity index (χ0n) is 14.1. The fourth-order valence-corrected chi connectivity index (χ4v) is 4.59. The van der Waals surface area contributed by atoms with E-state index in [9.17, 15) is 9.18 Å². The Balaban J connectivity index is 1.62. The number of thiophene rings is 1. The lowest BCUT2D eigenvalue weighted by atomic mass is 9.81. The largest absolute Gasteiger partial charge is 0.353 e. The molecule has 0 saturated carbocycles. The normalized spacial score (nSPS) is 21.7. The summed E-state index contributed by atoms with van der Waals surface area (Å²) in [7, 11) is 0. The summed E-state index contributed by atoms with van der Waals surface area (Å²) >= 11 is 1.65. The zero-order chi connectivity index (χ0) is 18.4. The lowest BCUT2D eigenvalue weighted by molar-refractivity contribution is -0.116. The first-order chi connectivity index (χ1) is 13.2. The molecule has 0 fully saturated rings. The topological polar surface area (TPSA) is 80.1 Å². The molecular weight excluding hydrogens is 367 g/mol. The molecule has 3 heterocycles. The fourth-order valence-electron chi connectivity index (χ4n) is 3.76. The Morgan fingerprint density at radius 1 is 1.15 bits per heavy atom. The lowest BCUT2D eigenvalue weighted by Crippen LogP contribution is -2.26. The highest BCUT2D eigenvalue weighted by molar-refractivity contribution is 7.10. The number of benzene rings is 1. The summed E-state index contributed by atoms with van der Waals surface area (Å²) in [6.45, 7) is 0. The van der Waals surface area contributed by atoms with Crippen LogP contribution in [0, 0.1) is 5.82 Å². The molecule has 0 bridgehead atoms. The third-order valence-corrected chi connectivity index (χ3v) is 6.00. The van der Waals surface area contributed by atoms with Crippen LogP contribution in [0.1, 0.15) is 35.2 Å². The number of nitrogens with zero attached hydrogens (tertiary/aromatic N) is 2. The first-order valence-corrected chi connectivity index (χ1v) is 9.48. The van der Waals surface area contributed by atoms with Crippen molar-refractivity contribution in [1.82, 2.24) is 10.3 Å². The number of hydrogen-bond donors (Lipinski definition) is 2. The van der Waals surface area contributed by atoms with E-state index in [-0.39, 0.29) is 17.5 Å². The van der Waals surface area contributed by atoms with Crippen molar-refractivity contribution in [2.75, 3.05) is 10.6 Å². The van der Waals surface area contributed by atoms with Crippen molar-refractivity contribution in [1.29, 1.82) is 0 Å². The molecule has 0 amide bonds. The van der Waals surface area contributed by atoms with Crippen molar-refractivity contribution < 1.29 is 13.8 Å². The van der Waals surface area contributed by atoms with Gasteiger partial charge in [-0.25, -0.2) is 9.02 Å². The number of halogens is 1. The molecule has 0 saturated heterocycles. The minimum Gasteiger partial charge on any atom is -0.353 e. The number of carbonyl (C=O) groups is 1. The van der Waals surface area contributed by atoms with E-state index in [1.54, 1.807) is 23.5 Å². The molecule has 136 valence electrons. The summed E-state index contributed by atoms with van der Waals surface area (Å²) in [6.07, 6.45) is 1.09. The van der Waals surface area contributed by atoms with Gasteiger partial charge in [0, 0.05) is 28.5 Å². The molecule has 2 aliphatic rings. The second-order valence-corrected chi connectivity index (χ2v) is 7.63. The number of aromatic nitrogens is 2. The number of hydrogen-bond acceptors (Lipinski definition) is 7. The average Bonchev–Trinajstić information content (AvgIpc) is 3.30. The number of ketones is 1. The van der Waals surface area contributed by atoms with Gasteiger partial charge in [-0.1, -0.05) is 18.2 Å². The van der Waals surface area contributed by atoms with Gasteiger partial charge in [0.15, 0.2) is 5.78 Å². The number of fused-ring (bicyclic) bond motifs is 1. The standard InChI is InChI=1S/C19H15FN4O2S/c20-12-4-1-3-10(7-12)17-16-13(21-18-19(22-17)24-26-23-18)8-11(9-14(16)25)15-5-2-6-27-15/h1-7,11,17H,8-9H2,(H,21,23)(H,22,24)/t11-,17-/m0/s1. The van der Waals surface area contributed by atoms with Crippen LogP contribution < -0.4 is 10.6 Å². The summed E-state index contributed by atoms with van der Waals surface area (Å²) in [5, 5.41) is 16.2. The minimum absolute atomic E-state index is 0.0333. The van der Waals surface area contributed by atoms with E-state index in [4.69, 9.17) is 4.63 Å². The van der Waals surface area contributed by atoms with E-state index in [1.807, 2.05) is 11.4 Å². The fraction of sp³-hybridized carbons (Fsp3) is 0.211. The average molecular weight is 382 g/mol. The van der Waals surface area contributed by atoms with Crippen LogP contribution in [-0.2, 0) is 4.79 Å². The number of carbonyl (C=O) groups excluding carboxylic acids is 1. The predicted octanol–water partition coefficient (Wildman–Crippen LogP) is 4.25.